The Hall–Kier alpha value is -0.550. The van der Waals surface area contributed by atoms with E-state index < -0.39 is 0 Å². The van der Waals surface area contributed by atoms with Crippen molar-refractivity contribution in [3.63, 3.8) is 0 Å². The first-order valence-electron chi connectivity index (χ1n) is 6.17. The van der Waals surface area contributed by atoms with Crippen LogP contribution in [0.1, 0.15) is 23.5 Å². The molecule has 1 aliphatic heterocycles. The van der Waals surface area contributed by atoms with Gasteiger partial charge in [-0.1, -0.05) is 11.8 Å². The maximum absolute atomic E-state index is 4.57. The van der Waals surface area contributed by atoms with Gasteiger partial charge in [0.25, 0.3) is 0 Å². The number of thioether (sulfide) groups is 1. The summed E-state index contributed by atoms with van der Waals surface area (Å²) >= 11 is 3.69. The molecule has 0 aromatic carbocycles. The lowest BCUT2D eigenvalue weighted by Gasteiger charge is -2.06. The van der Waals surface area contributed by atoms with Crippen molar-refractivity contribution in [1.29, 1.82) is 0 Å². The molecule has 0 saturated heterocycles. The fourth-order valence-corrected chi connectivity index (χ4v) is 4.01. The molecule has 3 nitrogen and oxygen atoms in total. The number of hydrogen-bond acceptors (Lipinski definition) is 5. The highest BCUT2D eigenvalue weighted by atomic mass is 32.2. The number of aromatic nitrogens is 1. The van der Waals surface area contributed by atoms with Crippen molar-refractivity contribution in [3.8, 4) is 0 Å². The molecule has 2 heterocycles. The van der Waals surface area contributed by atoms with Crippen LogP contribution in [0.4, 0.5) is 0 Å². The van der Waals surface area contributed by atoms with Crippen LogP contribution in [0.2, 0.25) is 0 Å². The maximum Gasteiger partial charge on any atom is 0.156 e. The first-order chi connectivity index (χ1) is 8.31. The van der Waals surface area contributed by atoms with E-state index in [1.54, 1.807) is 11.3 Å². The summed E-state index contributed by atoms with van der Waals surface area (Å²) in [6.07, 6.45) is 3.84. The van der Waals surface area contributed by atoms with Gasteiger partial charge in [0.1, 0.15) is 0 Å². The van der Waals surface area contributed by atoms with Gasteiger partial charge in [-0.3, -0.25) is 4.99 Å². The van der Waals surface area contributed by atoms with Gasteiger partial charge in [0, 0.05) is 29.3 Å². The quantitative estimate of drug-likeness (QED) is 0.910. The second-order valence-electron chi connectivity index (χ2n) is 4.70. The lowest BCUT2D eigenvalue weighted by molar-refractivity contribution is 0.771. The Bertz CT molecular complexity index is 423. The molecule has 17 heavy (non-hydrogen) atoms. The van der Waals surface area contributed by atoms with Gasteiger partial charge in [-0.15, -0.1) is 11.3 Å². The Labute approximate surface area is 110 Å². The Balaban J connectivity index is 1.40. The molecule has 0 spiro atoms. The van der Waals surface area contributed by atoms with E-state index in [0.717, 1.165) is 41.5 Å². The van der Waals surface area contributed by atoms with Gasteiger partial charge < -0.3 is 5.32 Å². The fraction of sp³-hybridized carbons (Fsp3) is 0.667. The Kier molecular flexibility index (Phi) is 3.38. The number of nitrogens with one attached hydrogen (secondary N) is 1. The van der Waals surface area contributed by atoms with Gasteiger partial charge >= 0.3 is 0 Å². The number of nitrogens with zero attached hydrogens (tertiary/aromatic N) is 2. The van der Waals surface area contributed by atoms with E-state index in [4.69, 9.17) is 0 Å². The normalized spacial score (nSPS) is 23.8. The third-order valence-corrected chi connectivity index (χ3v) is 5.47. The smallest absolute Gasteiger partial charge is 0.156 e. The molecular weight excluding hydrogens is 250 g/mol. The highest BCUT2D eigenvalue weighted by Crippen LogP contribution is 2.41. The topological polar surface area (TPSA) is 37.3 Å². The monoisotopic (exact) mass is 267 g/mol. The molecule has 1 saturated carbocycles. The minimum atomic E-state index is 0.764. The SMILES string of the molecule is Cc1csc(CCNC2=NCC(C3CC3)S2)n1. The number of amidine groups is 1. The van der Waals surface area contributed by atoms with Gasteiger partial charge in [0.15, 0.2) is 5.17 Å². The van der Waals surface area contributed by atoms with Gasteiger partial charge in [0.2, 0.25) is 0 Å². The number of thiazole rings is 1. The molecule has 0 radical (unpaired) electrons. The molecule has 0 bridgehead atoms. The number of rotatable bonds is 4. The summed E-state index contributed by atoms with van der Waals surface area (Å²) in [6.45, 7) is 4.02. The molecule has 0 amide bonds. The van der Waals surface area contributed by atoms with Crippen molar-refractivity contribution in [1.82, 2.24) is 10.3 Å². The predicted molar refractivity (Wildman–Crippen MR) is 75.0 cm³/mol. The summed E-state index contributed by atoms with van der Waals surface area (Å²) < 4.78 is 0. The minimum absolute atomic E-state index is 0.764. The standard InChI is InChI=1S/C12H17N3S2/c1-8-7-16-11(15-8)4-5-13-12-14-6-10(17-12)9-2-3-9/h7,9-10H,2-6H2,1H3,(H,13,14). The summed E-state index contributed by atoms with van der Waals surface area (Å²) in [7, 11) is 0. The van der Waals surface area contributed by atoms with Crippen LogP contribution in [-0.4, -0.2) is 28.5 Å². The van der Waals surface area contributed by atoms with Crippen LogP contribution in [0.25, 0.3) is 0 Å². The van der Waals surface area contributed by atoms with Gasteiger partial charge in [-0.2, -0.15) is 0 Å². The maximum atomic E-state index is 4.57. The highest BCUT2D eigenvalue weighted by Gasteiger charge is 2.35. The zero-order valence-corrected chi connectivity index (χ0v) is 11.6. The van der Waals surface area contributed by atoms with Crippen LogP contribution in [0, 0.1) is 12.8 Å². The van der Waals surface area contributed by atoms with Crippen LogP contribution >= 0.6 is 23.1 Å². The van der Waals surface area contributed by atoms with Crippen LogP contribution < -0.4 is 5.32 Å². The van der Waals surface area contributed by atoms with Crippen molar-refractivity contribution >= 4 is 28.3 Å². The molecule has 3 rings (SSSR count). The highest BCUT2D eigenvalue weighted by molar-refractivity contribution is 8.14. The second-order valence-corrected chi connectivity index (χ2v) is 6.87. The number of aliphatic imine (C=N–C) groups is 1. The molecule has 2 aliphatic rings. The number of aryl methyl sites for hydroxylation is 1. The molecule has 1 N–H and O–H groups in total. The molecule has 1 aliphatic carbocycles. The van der Waals surface area contributed by atoms with Crippen molar-refractivity contribution in [2.24, 2.45) is 10.9 Å². The lowest BCUT2D eigenvalue weighted by atomic mass is 10.3. The van der Waals surface area contributed by atoms with Crippen molar-refractivity contribution < 1.29 is 0 Å². The summed E-state index contributed by atoms with van der Waals surface area (Å²) in [5.74, 6) is 0.949. The average molecular weight is 267 g/mol. The van der Waals surface area contributed by atoms with Gasteiger partial charge in [-0.25, -0.2) is 4.98 Å². The number of hydrogen-bond donors (Lipinski definition) is 1. The van der Waals surface area contributed by atoms with Gasteiger partial charge in [0.05, 0.1) is 11.6 Å². The van der Waals surface area contributed by atoms with E-state index in [9.17, 15) is 0 Å². The third-order valence-electron chi connectivity index (χ3n) is 3.11. The summed E-state index contributed by atoms with van der Waals surface area (Å²) in [4.78, 5) is 9.03. The minimum Gasteiger partial charge on any atom is -0.364 e. The predicted octanol–water partition coefficient (Wildman–Crippen LogP) is 2.47. The molecule has 5 heteroatoms. The van der Waals surface area contributed by atoms with E-state index in [-0.39, 0.29) is 0 Å². The summed E-state index contributed by atoms with van der Waals surface area (Å²) in [5, 5.41) is 8.67. The zero-order chi connectivity index (χ0) is 11.7. The van der Waals surface area contributed by atoms with E-state index in [2.05, 4.69) is 20.7 Å². The van der Waals surface area contributed by atoms with Crippen molar-refractivity contribution in [2.45, 2.75) is 31.4 Å². The molecule has 1 aromatic heterocycles. The van der Waals surface area contributed by atoms with E-state index in [0.29, 0.717) is 0 Å². The van der Waals surface area contributed by atoms with E-state index in [1.165, 1.54) is 17.8 Å². The summed E-state index contributed by atoms with van der Waals surface area (Å²) in [6, 6.07) is 0. The molecule has 1 fully saturated rings. The average Bonchev–Trinajstić information content (AvgIpc) is 2.93. The first kappa shape index (κ1) is 11.5. The third kappa shape index (κ3) is 3.01. The summed E-state index contributed by atoms with van der Waals surface area (Å²) in [5.41, 5.74) is 1.13. The lowest BCUT2D eigenvalue weighted by Crippen LogP contribution is -2.22. The second kappa shape index (κ2) is 4.98. The molecular formula is C12H17N3S2. The van der Waals surface area contributed by atoms with Crippen LogP contribution in [0.5, 0.6) is 0 Å². The Morgan fingerprint density at radius 1 is 1.47 bits per heavy atom. The van der Waals surface area contributed by atoms with Crippen LogP contribution in [0.3, 0.4) is 0 Å². The molecule has 1 atom stereocenters. The van der Waals surface area contributed by atoms with E-state index in [1.807, 2.05) is 18.7 Å². The molecule has 1 aromatic rings. The molecule has 92 valence electrons. The fourth-order valence-electron chi connectivity index (χ4n) is 2.00. The van der Waals surface area contributed by atoms with Crippen molar-refractivity contribution in [2.75, 3.05) is 13.1 Å². The van der Waals surface area contributed by atoms with Crippen LogP contribution in [0.15, 0.2) is 10.4 Å². The largest absolute Gasteiger partial charge is 0.364 e. The Morgan fingerprint density at radius 3 is 3.06 bits per heavy atom. The van der Waals surface area contributed by atoms with Gasteiger partial charge in [-0.05, 0) is 25.7 Å². The molecule has 1 unspecified atom stereocenters. The van der Waals surface area contributed by atoms with Crippen molar-refractivity contribution in [3.05, 3.63) is 16.1 Å². The first-order valence-corrected chi connectivity index (χ1v) is 7.93. The zero-order valence-electron chi connectivity index (χ0n) is 9.98. The van der Waals surface area contributed by atoms with E-state index >= 15 is 0 Å². The Morgan fingerprint density at radius 2 is 2.35 bits per heavy atom. The van der Waals surface area contributed by atoms with Crippen LogP contribution in [-0.2, 0) is 6.42 Å².